The maximum Gasteiger partial charge on any atom is 0.276 e. The zero-order chi connectivity index (χ0) is 25.4. The third-order valence-corrected chi connectivity index (χ3v) is 6.31. The SMILES string of the molecule is C=C/C=C1/CN(c2cc(-c3cn[nH]c3)n3nc(C(=O)Nc4cccc(C)c4)c(C(C)C)c3n2)CC1=C. The minimum atomic E-state index is -0.264. The average Bonchev–Trinajstić information content (AvgIpc) is 3.57. The fourth-order valence-corrected chi connectivity index (χ4v) is 4.57. The van der Waals surface area contributed by atoms with Crippen LogP contribution in [0.1, 0.15) is 41.4 Å². The van der Waals surface area contributed by atoms with Gasteiger partial charge in [0.25, 0.3) is 5.91 Å². The Labute approximate surface area is 210 Å². The molecular weight excluding hydrogens is 450 g/mol. The summed E-state index contributed by atoms with van der Waals surface area (Å²) in [6.07, 6.45) is 7.33. The molecule has 8 heteroatoms. The maximum atomic E-state index is 13.4. The predicted molar refractivity (Wildman–Crippen MR) is 143 cm³/mol. The molecule has 182 valence electrons. The van der Waals surface area contributed by atoms with Gasteiger partial charge in [-0.2, -0.15) is 10.2 Å². The molecular formula is C28H29N7O. The second kappa shape index (κ2) is 9.30. The molecule has 0 saturated carbocycles. The van der Waals surface area contributed by atoms with Gasteiger partial charge in [-0.15, -0.1) is 0 Å². The summed E-state index contributed by atoms with van der Waals surface area (Å²) in [6.45, 7) is 15.5. The van der Waals surface area contributed by atoms with Crippen LogP contribution >= 0.6 is 0 Å². The van der Waals surface area contributed by atoms with Gasteiger partial charge in [0.05, 0.1) is 11.9 Å². The lowest BCUT2D eigenvalue weighted by Crippen LogP contribution is -2.20. The van der Waals surface area contributed by atoms with Crippen molar-refractivity contribution in [1.82, 2.24) is 24.8 Å². The molecule has 0 radical (unpaired) electrons. The first kappa shape index (κ1) is 23.3. The summed E-state index contributed by atoms with van der Waals surface area (Å²) in [5, 5.41) is 14.8. The van der Waals surface area contributed by atoms with E-state index < -0.39 is 0 Å². The number of anilines is 2. The van der Waals surface area contributed by atoms with Crippen molar-refractivity contribution in [2.45, 2.75) is 26.7 Å². The van der Waals surface area contributed by atoms with Crippen LogP contribution in [0.25, 0.3) is 16.9 Å². The second-order valence-electron chi connectivity index (χ2n) is 9.35. The molecule has 4 heterocycles. The van der Waals surface area contributed by atoms with Crippen molar-refractivity contribution >= 4 is 23.1 Å². The molecule has 1 aromatic carbocycles. The van der Waals surface area contributed by atoms with Gasteiger partial charge in [-0.3, -0.25) is 9.89 Å². The molecule has 1 aliphatic heterocycles. The third kappa shape index (κ3) is 4.22. The number of hydrogen-bond acceptors (Lipinski definition) is 5. The van der Waals surface area contributed by atoms with Gasteiger partial charge in [0.15, 0.2) is 11.3 Å². The number of carbonyl (C=O) groups excluding carboxylic acids is 1. The number of hydrogen-bond donors (Lipinski definition) is 2. The van der Waals surface area contributed by atoms with Crippen LogP contribution in [0.3, 0.4) is 0 Å². The van der Waals surface area contributed by atoms with Gasteiger partial charge in [0.2, 0.25) is 0 Å². The van der Waals surface area contributed by atoms with E-state index in [0.29, 0.717) is 24.4 Å². The van der Waals surface area contributed by atoms with Crippen LogP contribution in [-0.2, 0) is 0 Å². The van der Waals surface area contributed by atoms with Crippen LogP contribution in [0.4, 0.5) is 11.5 Å². The van der Waals surface area contributed by atoms with Crippen LogP contribution < -0.4 is 10.2 Å². The number of amides is 1. The first-order valence-corrected chi connectivity index (χ1v) is 11.9. The minimum Gasteiger partial charge on any atom is -0.348 e. The van der Waals surface area contributed by atoms with Gasteiger partial charge < -0.3 is 10.2 Å². The van der Waals surface area contributed by atoms with E-state index >= 15 is 0 Å². The van der Waals surface area contributed by atoms with Gasteiger partial charge in [-0.05, 0) is 41.7 Å². The number of aromatic amines is 1. The largest absolute Gasteiger partial charge is 0.348 e. The molecule has 1 saturated heterocycles. The molecule has 4 aromatic rings. The average molecular weight is 480 g/mol. The maximum absolute atomic E-state index is 13.4. The van der Waals surface area contributed by atoms with Gasteiger partial charge in [0.1, 0.15) is 5.82 Å². The zero-order valence-electron chi connectivity index (χ0n) is 20.7. The predicted octanol–water partition coefficient (Wildman–Crippen LogP) is 5.29. The highest BCUT2D eigenvalue weighted by Gasteiger charge is 2.28. The number of fused-ring (bicyclic) bond motifs is 1. The number of allylic oxidation sites excluding steroid dienone is 2. The topological polar surface area (TPSA) is 91.2 Å². The van der Waals surface area contributed by atoms with Crippen LogP contribution in [0, 0.1) is 6.92 Å². The molecule has 1 amide bonds. The van der Waals surface area contributed by atoms with Crippen LogP contribution in [0.2, 0.25) is 0 Å². The van der Waals surface area contributed by atoms with E-state index in [9.17, 15) is 4.79 Å². The lowest BCUT2D eigenvalue weighted by Gasteiger charge is -2.18. The lowest BCUT2D eigenvalue weighted by molar-refractivity contribution is 0.102. The minimum absolute atomic E-state index is 0.0190. The standard InChI is InChI=1S/C28H29N7O/c1-6-8-20-16-34(15-19(20)5)24-12-23(21-13-29-30-14-21)35-27(32-24)25(17(2)3)26(33-35)28(36)31-22-10-7-9-18(4)11-22/h6-14,17H,1,5,15-16H2,2-4H3,(H,29,30)(H,31,36)/b20-8-. The Morgan fingerprint density at radius 1 is 1.25 bits per heavy atom. The zero-order valence-corrected chi connectivity index (χ0v) is 20.7. The highest BCUT2D eigenvalue weighted by Crippen LogP contribution is 2.33. The molecule has 0 unspecified atom stereocenters. The summed E-state index contributed by atoms with van der Waals surface area (Å²) >= 11 is 0. The highest BCUT2D eigenvalue weighted by atomic mass is 16.2. The molecule has 0 bridgehead atoms. The molecule has 0 aliphatic carbocycles. The van der Waals surface area contributed by atoms with E-state index in [4.69, 9.17) is 10.1 Å². The van der Waals surface area contributed by atoms with Crippen molar-refractivity contribution in [2.24, 2.45) is 0 Å². The fourth-order valence-electron chi connectivity index (χ4n) is 4.57. The Bertz CT molecular complexity index is 1510. The van der Waals surface area contributed by atoms with E-state index in [1.165, 1.54) is 0 Å². The molecule has 5 rings (SSSR count). The number of rotatable bonds is 6. The van der Waals surface area contributed by atoms with E-state index in [2.05, 4.69) is 47.4 Å². The quantitative estimate of drug-likeness (QED) is 0.392. The number of benzene rings is 1. The number of aromatic nitrogens is 5. The fraction of sp³-hybridized carbons (Fsp3) is 0.214. The summed E-state index contributed by atoms with van der Waals surface area (Å²) in [5.41, 5.74) is 7.43. The lowest BCUT2D eigenvalue weighted by atomic mass is 10.0. The van der Waals surface area contributed by atoms with Crippen molar-refractivity contribution in [2.75, 3.05) is 23.3 Å². The van der Waals surface area contributed by atoms with E-state index in [1.54, 1.807) is 16.8 Å². The molecule has 0 atom stereocenters. The molecule has 1 fully saturated rings. The van der Waals surface area contributed by atoms with Gasteiger partial charge in [-0.1, -0.05) is 51.3 Å². The van der Waals surface area contributed by atoms with Crippen molar-refractivity contribution < 1.29 is 4.79 Å². The Hall–Kier alpha value is -4.46. The van der Waals surface area contributed by atoms with E-state index in [1.807, 2.05) is 49.5 Å². The summed E-state index contributed by atoms with van der Waals surface area (Å²) in [5.74, 6) is 0.547. The highest BCUT2D eigenvalue weighted by molar-refractivity contribution is 6.05. The normalized spacial score (nSPS) is 14.8. The number of nitrogens with zero attached hydrogens (tertiary/aromatic N) is 5. The van der Waals surface area contributed by atoms with E-state index in [-0.39, 0.29) is 11.8 Å². The van der Waals surface area contributed by atoms with Crippen molar-refractivity contribution in [1.29, 1.82) is 0 Å². The Morgan fingerprint density at radius 2 is 2.08 bits per heavy atom. The van der Waals surface area contributed by atoms with Crippen molar-refractivity contribution in [3.8, 4) is 11.3 Å². The van der Waals surface area contributed by atoms with Crippen molar-refractivity contribution in [3.63, 3.8) is 0 Å². The number of aryl methyl sites for hydroxylation is 1. The Morgan fingerprint density at radius 3 is 2.78 bits per heavy atom. The molecule has 36 heavy (non-hydrogen) atoms. The van der Waals surface area contributed by atoms with Gasteiger partial charge in [0, 0.05) is 42.2 Å². The Balaban J connectivity index is 1.66. The van der Waals surface area contributed by atoms with Gasteiger partial charge >= 0.3 is 0 Å². The molecule has 3 aromatic heterocycles. The van der Waals surface area contributed by atoms with E-state index in [0.717, 1.165) is 45.0 Å². The van der Waals surface area contributed by atoms with Crippen LogP contribution in [0.15, 0.2) is 79.2 Å². The molecule has 1 aliphatic rings. The van der Waals surface area contributed by atoms with Gasteiger partial charge in [-0.25, -0.2) is 9.50 Å². The summed E-state index contributed by atoms with van der Waals surface area (Å²) in [7, 11) is 0. The Kier molecular flexibility index (Phi) is 6.01. The number of nitrogens with one attached hydrogen (secondary N) is 2. The smallest absolute Gasteiger partial charge is 0.276 e. The summed E-state index contributed by atoms with van der Waals surface area (Å²) < 4.78 is 1.75. The number of carbonyl (C=O) groups is 1. The monoisotopic (exact) mass is 479 g/mol. The first-order chi connectivity index (χ1) is 17.4. The molecule has 8 nitrogen and oxygen atoms in total. The summed E-state index contributed by atoms with van der Waals surface area (Å²) in [6, 6.07) is 9.71. The summed E-state index contributed by atoms with van der Waals surface area (Å²) in [4.78, 5) is 20.6. The van der Waals surface area contributed by atoms with Crippen molar-refractivity contribution in [3.05, 3.63) is 96.0 Å². The third-order valence-electron chi connectivity index (χ3n) is 6.31. The molecule has 0 spiro atoms. The molecule has 2 N–H and O–H groups in total. The van der Waals surface area contributed by atoms with Crippen LogP contribution in [-0.4, -0.2) is 43.8 Å². The van der Waals surface area contributed by atoms with Crippen LogP contribution in [0.5, 0.6) is 0 Å². The second-order valence-corrected chi connectivity index (χ2v) is 9.35. The first-order valence-electron chi connectivity index (χ1n) is 11.9. The number of H-pyrrole nitrogens is 1.